The van der Waals surface area contributed by atoms with Crippen molar-refractivity contribution in [1.82, 2.24) is 14.8 Å². The molecule has 0 fully saturated rings. The number of rotatable bonds is 2. The molecule has 2 rings (SSSR count). The normalized spacial score (nSPS) is 11.6. The van der Waals surface area contributed by atoms with Gasteiger partial charge >= 0.3 is 11.9 Å². The Balaban J connectivity index is 2.72. The van der Waals surface area contributed by atoms with E-state index in [4.69, 9.17) is 4.74 Å². The van der Waals surface area contributed by atoms with E-state index in [9.17, 15) is 18.0 Å². The number of alkyl halides is 3. The van der Waals surface area contributed by atoms with E-state index >= 15 is 0 Å². The Morgan fingerprint density at radius 1 is 1.33 bits per heavy atom. The summed E-state index contributed by atoms with van der Waals surface area (Å²) < 4.78 is 43.5. The highest BCUT2D eigenvalue weighted by Crippen LogP contribution is 2.30. The summed E-state index contributed by atoms with van der Waals surface area (Å²) in [6.45, 7) is 0. The van der Waals surface area contributed by atoms with Crippen LogP contribution in [0.5, 0.6) is 5.75 Å². The molecular formula is C10H8F3N3O2. The van der Waals surface area contributed by atoms with Crippen LogP contribution in [-0.4, -0.2) is 21.9 Å². The van der Waals surface area contributed by atoms with Crippen LogP contribution in [0, 0.1) is 0 Å². The highest BCUT2D eigenvalue weighted by molar-refractivity contribution is 5.47. The van der Waals surface area contributed by atoms with E-state index < -0.39 is 17.7 Å². The third-order valence-electron chi connectivity index (χ3n) is 2.25. The van der Waals surface area contributed by atoms with Crippen LogP contribution < -0.4 is 10.4 Å². The molecule has 0 bridgehead atoms. The summed E-state index contributed by atoms with van der Waals surface area (Å²) in [5, 5.41) is 4.76. The van der Waals surface area contributed by atoms with E-state index in [2.05, 4.69) is 5.10 Å². The van der Waals surface area contributed by atoms with Gasteiger partial charge in [0.25, 0.3) is 0 Å². The van der Waals surface area contributed by atoms with E-state index in [0.717, 1.165) is 0 Å². The van der Waals surface area contributed by atoms with Gasteiger partial charge in [-0.25, -0.2) is 14.5 Å². The SMILES string of the molecule is COc1ccccc1-n1c(C(F)(F)F)n[nH]c1=O. The fraction of sp³-hybridized carbons (Fsp3) is 0.200. The van der Waals surface area contributed by atoms with Gasteiger partial charge in [0, 0.05) is 0 Å². The molecule has 0 amide bonds. The van der Waals surface area contributed by atoms with E-state index in [1.54, 1.807) is 11.2 Å². The number of aromatic nitrogens is 3. The van der Waals surface area contributed by atoms with Gasteiger partial charge in [-0.05, 0) is 12.1 Å². The van der Waals surface area contributed by atoms with Gasteiger partial charge in [0.05, 0.1) is 12.8 Å². The molecule has 0 saturated heterocycles. The molecule has 0 spiro atoms. The highest BCUT2D eigenvalue weighted by atomic mass is 19.4. The van der Waals surface area contributed by atoms with Crippen molar-refractivity contribution in [2.24, 2.45) is 0 Å². The van der Waals surface area contributed by atoms with Crippen molar-refractivity contribution in [2.45, 2.75) is 6.18 Å². The number of aromatic amines is 1. The van der Waals surface area contributed by atoms with Crippen LogP contribution >= 0.6 is 0 Å². The maximum Gasteiger partial charge on any atom is 0.452 e. The molecule has 2 aromatic rings. The lowest BCUT2D eigenvalue weighted by Gasteiger charge is -2.11. The molecular weight excluding hydrogens is 251 g/mol. The van der Waals surface area contributed by atoms with Crippen LogP contribution in [0.25, 0.3) is 5.69 Å². The van der Waals surface area contributed by atoms with Gasteiger partial charge in [0.2, 0.25) is 5.82 Å². The summed E-state index contributed by atoms with van der Waals surface area (Å²) in [6, 6.07) is 5.87. The lowest BCUT2D eigenvalue weighted by molar-refractivity contribution is -0.146. The van der Waals surface area contributed by atoms with Crippen molar-refractivity contribution in [3.63, 3.8) is 0 Å². The minimum Gasteiger partial charge on any atom is -0.495 e. The van der Waals surface area contributed by atoms with Gasteiger partial charge < -0.3 is 4.74 Å². The first-order valence-corrected chi connectivity index (χ1v) is 4.83. The van der Waals surface area contributed by atoms with Gasteiger partial charge in [-0.2, -0.15) is 13.2 Å². The van der Waals surface area contributed by atoms with Crippen molar-refractivity contribution in [1.29, 1.82) is 0 Å². The molecule has 8 heteroatoms. The Bertz CT molecular complexity index is 615. The summed E-state index contributed by atoms with van der Waals surface area (Å²) >= 11 is 0. The molecule has 0 atom stereocenters. The summed E-state index contributed by atoms with van der Waals surface area (Å²) in [7, 11) is 1.30. The van der Waals surface area contributed by atoms with Crippen LogP contribution in [-0.2, 0) is 6.18 Å². The van der Waals surface area contributed by atoms with E-state index in [1.165, 1.54) is 25.3 Å². The maximum atomic E-state index is 12.7. The number of benzene rings is 1. The monoisotopic (exact) mass is 259 g/mol. The van der Waals surface area contributed by atoms with Gasteiger partial charge in [-0.3, -0.25) is 0 Å². The lowest BCUT2D eigenvalue weighted by atomic mass is 10.3. The molecule has 0 saturated carbocycles. The lowest BCUT2D eigenvalue weighted by Crippen LogP contribution is -2.22. The van der Waals surface area contributed by atoms with Gasteiger partial charge in [-0.1, -0.05) is 12.1 Å². The molecule has 18 heavy (non-hydrogen) atoms. The first kappa shape index (κ1) is 12.2. The van der Waals surface area contributed by atoms with Gasteiger partial charge in [0.1, 0.15) is 5.75 Å². The van der Waals surface area contributed by atoms with Crippen LogP contribution in [0.15, 0.2) is 29.1 Å². The zero-order valence-corrected chi connectivity index (χ0v) is 9.15. The van der Waals surface area contributed by atoms with E-state index in [0.29, 0.717) is 4.57 Å². The van der Waals surface area contributed by atoms with Crippen molar-refractivity contribution in [3.8, 4) is 11.4 Å². The predicted octanol–water partition coefficient (Wildman–Crippen LogP) is 1.59. The number of hydrogen-bond acceptors (Lipinski definition) is 3. The molecule has 1 aromatic carbocycles. The number of para-hydroxylation sites is 2. The van der Waals surface area contributed by atoms with E-state index in [-0.39, 0.29) is 11.4 Å². The maximum absolute atomic E-state index is 12.7. The molecule has 0 aliphatic heterocycles. The summed E-state index contributed by atoms with van der Waals surface area (Å²) in [6.07, 6.45) is -4.74. The number of nitrogens with one attached hydrogen (secondary N) is 1. The van der Waals surface area contributed by atoms with Gasteiger partial charge in [0.15, 0.2) is 0 Å². The average molecular weight is 259 g/mol. The van der Waals surface area contributed by atoms with Crippen molar-refractivity contribution in [2.75, 3.05) is 7.11 Å². The topological polar surface area (TPSA) is 59.9 Å². The zero-order valence-electron chi connectivity index (χ0n) is 9.15. The Labute approximate surface area is 98.8 Å². The van der Waals surface area contributed by atoms with Crippen LogP contribution in [0.4, 0.5) is 13.2 Å². The second-order valence-electron chi connectivity index (χ2n) is 3.36. The number of methoxy groups -OCH3 is 1. The smallest absolute Gasteiger partial charge is 0.452 e. The van der Waals surface area contributed by atoms with Crippen molar-refractivity contribution < 1.29 is 17.9 Å². The summed E-state index contributed by atoms with van der Waals surface area (Å²) in [5.74, 6) is -1.18. The molecule has 96 valence electrons. The second kappa shape index (κ2) is 4.21. The van der Waals surface area contributed by atoms with Crippen molar-refractivity contribution >= 4 is 0 Å². The Kier molecular flexibility index (Phi) is 2.85. The molecule has 5 nitrogen and oxygen atoms in total. The third-order valence-corrected chi connectivity index (χ3v) is 2.25. The van der Waals surface area contributed by atoms with Crippen LogP contribution in [0.2, 0.25) is 0 Å². The molecule has 0 radical (unpaired) electrons. The first-order valence-electron chi connectivity index (χ1n) is 4.83. The zero-order chi connectivity index (χ0) is 13.3. The van der Waals surface area contributed by atoms with Crippen molar-refractivity contribution in [3.05, 3.63) is 40.6 Å². The second-order valence-corrected chi connectivity index (χ2v) is 3.36. The Hall–Kier alpha value is -2.25. The highest BCUT2D eigenvalue weighted by Gasteiger charge is 2.38. The first-order chi connectivity index (χ1) is 8.45. The minimum atomic E-state index is -4.74. The fourth-order valence-corrected chi connectivity index (χ4v) is 1.53. The number of halogens is 3. The molecule has 0 aliphatic rings. The predicted molar refractivity (Wildman–Crippen MR) is 55.7 cm³/mol. The average Bonchev–Trinajstić information content (AvgIpc) is 2.70. The third kappa shape index (κ3) is 1.96. The number of hydrogen-bond donors (Lipinski definition) is 1. The quantitative estimate of drug-likeness (QED) is 0.890. The fourth-order valence-electron chi connectivity index (χ4n) is 1.53. The minimum absolute atomic E-state index is 0.0222. The molecule has 0 aliphatic carbocycles. The Morgan fingerprint density at radius 3 is 2.61 bits per heavy atom. The largest absolute Gasteiger partial charge is 0.495 e. The number of H-pyrrole nitrogens is 1. The van der Waals surface area contributed by atoms with Crippen LogP contribution in [0.3, 0.4) is 0 Å². The number of ether oxygens (including phenoxy) is 1. The summed E-state index contributed by atoms with van der Waals surface area (Å²) in [5.41, 5.74) is -1.00. The molecule has 0 unspecified atom stereocenters. The standard InChI is InChI=1S/C10H8F3N3O2/c1-18-7-5-3-2-4-6(7)16-8(10(11,12)13)14-15-9(16)17/h2-5H,1H3,(H,15,17). The summed E-state index contributed by atoms with van der Waals surface area (Å²) in [4.78, 5) is 11.4. The van der Waals surface area contributed by atoms with Crippen LogP contribution in [0.1, 0.15) is 5.82 Å². The van der Waals surface area contributed by atoms with Gasteiger partial charge in [-0.15, -0.1) is 5.10 Å². The molecule has 1 N–H and O–H groups in total. The number of nitrogens with zero attached hydrogens (tertiary/aromatic N) is 2. The molecule has 1 heterocycles. The Morgan fingerprint density at radius 2 is 2.00 bits per heavy atom. The molecule has 1 aromatic heterocycles. The van der Waals surface area contributed by atoms with E-state index in [1.807, 2.05) is 0 Å².